The van der Waals surface area contributed by atoms with Crippen molar-refractivity contribution in [1.82, 2.24) is 10.0 Å². The van der Waals surface area contributed by atoms with Crippen LogP contribution in [0.25, 0.3) is 11.8 Å². The van der Waals surface area contributed by atoms with Crippen molar-refractivity contribution < 1.29 is 23.8 Å². The Labute approximate surface area is 216 Å². The Morgan fingerprint density at radius 1 is 1.11 bits per heavy atom. The third-order valence-electron chi connectivity index (χ3n) is 5.87. The number of carbonyl (C=O) groups is 3. The van der Waals surface area contributed by atoms with E-state index in [2.05, 4.69) is 23.1 Å². The molecular formula is C26H23N4O4S2+. The molecule has 0 N–H and O–H groups in total. The average Bonchev–Trinajstić information content (AvgIpc) is 3.36. The molecule has 3 aromatic rings. The minimum atomic E-state index is -0.764. The molecule has 2 amide bonds. The van der Waals surface area contributed by atoms with Crippen LogP contribution in [0.2, 0.25) is 0 Å². The van der Waals surface area contributed by atoms with Gasteiger partial charge in [0, 0.05) is 36.9 Å². The van der Waals surface area contributed by atoms with Crippen LogP contribution in [0, 0.1) is 6.92 Å². The zero-order valence-corrected chi connectivity index (χ0v) is 21.6. The number of amides is 2. The molecule has 182 valence electrons. The number of aryl methyl sites for hydroxylation is 1. The minimum absolute atomic E-state index is 0.0485. The molecule has 1 saturated heterocycles. The lowest BCUT2D eigenvalue weighted by atomic mass is 10.2. The van der Waals surface area contributed by atoms with Gasteiger partial charge in [-0.2, -0.15) is 4.57 Å². The van der Waals surface area contributed by atoms with Crippen LogP contribution in [0.5, 0.6) is 0 Å². The number of hydroxylamine groups is 2. The van der Waals surface area contributed by atoms with Gasteiger partial charge < -0.3 is 9.74 Å². The molecule has 1 fully saturated rings. The highest BCUT2D eigenvalue weighted by Crippen LogP contribution is 2.45. The Bertz CT molecular complexity index is 1420. The predicted octanol–water partition coefficient (Wildman–Crippen LogP) is 4.15. The molecule has 36 heavy (non-hydrogen) atoms. The molecule has 3 heterocycles. The molecule has 0 saturated carbocycles. The lowest BCUT2D eigenvalue weighted by Crippen LogP contribution is -2.38. The quantitative estimate of drug-likeness (QED) is 0.215. The van der Waals surface area contributed by atoms with Gasteiger partial charge in [0.1, 0.15) is 11.4 Å². The van der Waals surface area contributed by atoms with E-state index in [4.69, 9.17) is 9.82 Å². The van der Waals surface area contributed by atoms with Gasteiger partial charge in [0.25, 0.3) is 11.8 Å². The monoisotopic (exact) mass is 519 g/mol. The molecular weight excluding hydrogens is 496 g/mol. The summed E-state index contributed by atoms with van der Waals surface area (Å²) in [4.78, 5) is 49.6. The van der Waals surface area contributed by atoms with Gasteiger partial charge in [-0.25, -0.2) is 4.79 Å². The zero-order valence-electron chi connectivity index (χ0n) is 19.9. The number of anilines is 1. The van der Waals surface area contributed by atoms with Crippen molar-refractivity contribution >= 4 is 53.1 Å². The van der Waals surface area contributed by atoms with Crippen molar-refractivity contribution in [2.45, 2.75) is 29.8 Å². The third kappa shape index (κ3) is 4.49. The number of hydrogen-bond acceptors (Lipinski definition) is 8. The highest BCUT2D eigenvalue weighted by atomic mass is 32.2. The Balaban J connectivity index is 1.44. The van der Waals surface area contributed by atoms with Gasteiger partial charge in [0.15, 0.2) is 5.69 Å². The number of rotatable bonds is 5. The summed E-state index contributed by atoms with van der Waals surface area (Å²) in [5, 5.41) is 2.39. The van der Waals surface area contributed by atoms with E-state index < -0.39 is 17.8 Å². The largest absolute Gasteiger partial charge is 0.364 e. The standard InChI is InChI=1S/C26H23N4O4S2/c1-16-13-18(15-24-28(2)20-9-4-5-10-21(20)36-24)27-26(35-3)29(16)19-8-6-7-17(14-19)25(33)34-30-22(31)11-12-23(30)32/h4-10,13-15H,11-12H2,1-3H3/q+1. The normalized spacial score (nSPS) is 16.1. The van der Waals surface area contributed by atoms with Crippen LogP contribution in [-0.4, -0.2) is 41.1 Å². The summed E-state index contributed by atoms with van der Waals surface area (Å²) in [6.45, 7) is 1.98. The highest BCUT2D eigenvalue weighted by Gasteiger charge is 2.33. The molecule has 0 radical (unpaired) electrons. The van der Waals surface area contributed by atoms with Crippen LogP contribution in [0.3, 0.4) is 0 Å². The SMILES string of the molecule is CSc1nc(/C=C2/Sc3ccccc3N2C)cc(C)[n+]1-c1cccc(C(=O)ON2C(=O)CCC2=O)c1. The second kappa shape index (κ2) is 9.79. The summed E-state index contributed by atoms with van der Waals surface area (Å²) < 4.78 is 1.95. The summed E-state index contributed by atoms with van der Waals surface area (Å²) in [5.41, 5.74) is 3.88. The van der Waals surface area contributed by atoms with E-state index in [9.17, 15) is 14.4 Å². The fraction of sp³-hybridized carbons (Fsp3) is 0.192. The maximum Gasteiger partial charge on any atom is 0.364 e. The highest BCUT2D eigenvalue weighted by molar-refractivity contribution is 8.03. The molecule has 5 rings (SSSR count). The number of hydrogen-bond donors (Lipinski definition) is 0. The average molecular weight is 520 g/mol. The molecule has 2 aliphatic rings. The van der Waals surface area contributed by atoms with E-state index >= 15 is 0 Å². The summed E-state index contributed by atoms with van der Waals surface area (Å²) in [5.74, 6) is -1.79. The molecule has 0 atom stereocenters. The van der Waals surface area contributed by atoms with Crippen molar-refractivity contribution in [3.8, 4) is 5.69 Å². The van der Waals surface area contributed by atoms with Crippen molar-refractivity contribution in [3.05, 3.63) is 76.6 Å². The van der Waals surface area contributed by atoms with Crippen LogP contribution >= 0.6 is 23.5 Å². The van der Waals surface area contributed by atoms with Gasteiger partial charge in [-0.05, 0) is 60.3 Å². The van der Waals surface area contributed by atoms with Crippen LogP contribution in [0.1, 0.15) is 34.6 Å². The van der Waals surface area contributed by atoms with Crippen molar-refractivity contribution in [3.63, 3.8) is 0 Å². The first-order valence-electron chi connectivity index (χ1n) is 11.2. The second-order valence-electron chi connectivity index (χ2n) is 8.27. The molecule has 0 unspecified atom stereocenters. The number of carbonyl (C=O) groups excluding carboxylic acids is 3. The summed E-state index contributed by atoms with van der Waals surface area (Å²) in [7, 11) is 2.05. The summed E-state index contributed by atoms with van der Waals surface area (Å²) in [6.07, 6.45) is 4.11. The molecule has 10 heteroatoms. The van der Waals surface area contributed by atoms with E-state index in [0.29, 0.717) is 5.06 Å². The first kappa shape index (κ1) is 24.1. The molecule has 2 aliphatic heterocycles. The fourth-order valence-corrected chi connectivity index (χ4v) is 5.81. The zero-order chi connectivity index (χ0) is 25.4. The number of fused-ring (bicyclic) bond motifs is 1. The number of benzene rings is 2. The first-order chi connectivity index (χ1) is 17.4. The summed E-state index contributed by atoms with van der Waals surface area (Å²) >= 11 is 3.20. The predicted molar refractivity (Wildman–Crippen MR) is 137 cm³/mol. The van der Waals surface area contributed by atoms with E-state index in [1.807, 2.05) is 49.1 Å². The number of thioether (sulfide) groups is 2. The Morgan fingerprint density at radius 2 is 1.86 bits per heavy atom. The number of nitrogens with zero attached hydrogens (tertiary/aromatic N) is 4. The van der Waals surface area contributed by atoms with Gasteiger partial charge in [-0.1, -0.05) is 30.0 Å². The second-order valence-corrected chi connectivity index (χ2v) is 10.1. The lowest BCUT2D eigenvalue weighted by Gasteiger charge is -2.13. The third-order valence-corrected chi connectivity index (χ3v) is 7.68. The maximum absolute atomic E-state index is 12.7. The van der Waals surface area contributed by atoms with Gasteiger partial charge in [-0.15, -0.1) is 5.06 Å². The topological polar surface area (TPSA) is 83.7 Å². The minimum Gasteiger partial charge on any atom is -0.338 e. The molecule has 0 aliphatic carbocycles. The first-order valence-corrected chi connectivity index (χ1v) is 13.3. The van der Waals surface area contributed by atoms with E-state index in [1.54, 1.807) is 30.0 Å². The molecule has 8 nitrogen and oxygen atoms in total. The van der Waals surface area contributed by atoms with Crippen LogP contribution in [0.15, 0.2) is 69.7 Å². The lowest BCUT2D eigenvalue weighted by molar-refractivity contribution is -0.647. The Morgan fingerprint density at radius 3 is 2.58 bits per heavy atom. The number of aromatic nitrogens is 2. The van der Waals surface area contributed by atoms with Gasteiger partial charge in [0.05, 0.1) is 16.3 Å². The molecule has 1 aromatic heterocycles. The summed E-state index contributed by atoms with van der Waals surface area (Å²) in [6, 6.07) is 17.1. The number of imide groups is 1. The Kier molecular flexibility index (Phi) is 6.55. The van der Waals surface area contributed by atoms with E-state index in [0.717, 1.165) is 27.3 Å². The van der Waals surface area contributed by atoms with E-state index in [1.165, 1.54) is 22.3 Å². The van der Waals surface area contributed by atoms with Crippen molar-refractivity contribution in [1.29, 1.82) is 0 Å². The van der Waals surface area contributed by atoms with Gasteiger partial charge >= 0.3 is 11.1 Å². The van der Waals surface area contributed by atoms with Crippen LogP contribution in [-0.2, 0) is 14.4 Å². The number of para-hydroxylation sites is 1. The molecule has 0 spiro atoms. The smallest absolute Gasteiger partial charge is 0.338 e. The van der Waals surface area contributed by atoms with E-state index in [-0.39, 0.29) is 18.4 Å². The maximum atomic E-state index is 12.7. The molecule has 0 bridgehead atoms. The van der Waals surface area contributed by atoms with Crippen LogP contribution in [0.4, 0.5) is 5.69 Å². The fourth-order valence-electron chi connectivity index (χ4n) is 4.09. The van der Waals surface area contributed by atoms with Crippen molar-refractivity contribution in [2.24, 2.45) is 0 Å². The van der Waals surface area contributed by atoms with Gasteiger partial charge in [-0.3, -0.25) is 9.59 Å². The van der Waals surface area contributed by atoms with Crippen LogP contribution < -0.4 is 9.47 Å². The molecule has 2 aromatic carbocycles. The Hall–Kier alpha value is -3.63. The van der Waals surface area contributed by atoms with Crippen molar-refractivity contribution in [2.75, 3.05) is 18.2 Å². The van der Waals surface area contributed by atoms with Gasteiger partial charge in [0.2, 0.25) is 0 Å².